The molecule has 1 fully saturated rings. The smallest absolute Gasteiger partial charge is 0.437 e. The second kappa shape index (κ2) is 6.27. The zero-order valence-corrected chi connectivity index (χ0v) is 12.4. The fraction of sp³-hybridized carbons (Fsp3) is 0.429. The molecule has 0 aliphatic carbocycles. The topological polar surface area (TPSA) is 87.7 Å². The summed E-state index contributed by atoms with van der Waals surface area (Å²) in [4.78, 5) is 23.7. The Kier molecular flexibility index (Phi) is 4.70. The Hall–Kier alpha value is -2.36. The van der Waals surface area contributed by atoms with Gasteiger partial charge in [-0.2, -0.15) is 13.2 Å². The minimum Gasteiger partial charge on any atom is -0.466 e. The van der Waals surface area contributed by atoms with Crippen molar-refractivity contribution in [2.24, 2.45) is 5.92 Å². The third kappa shape index (κ3) is 3.01. The molecule has 1 aliphatic heterocycles. The molecule has 0 radical (unpaired) electrons. The van der Waals surface area contributed by atoms with E-state index in [1.807, 2.05) is 5.32 Å². The van der Waals surface area contributed by atoms with Gasteiger partial charge in [0.1, 0.15) is 11.7 Å². The molecule has 1 heterocycles. The number of carbonyl (C=O) groups excluding carboxylic acids is 2. The lowest BCUT2D eigenvalue weighted by atomic mass is 9.82. The Balaban J connectivity index is 2.60. The molecule has 2 amide bonds. The fourth-order valence-corrected chi connectivity index (χ4v) is 2.52. The van der Waals surface area contributed by atoms with Gasteiger partial charge >= 0.3 is 18.2 Å². The van der Waals surface area contributed by atoms with Gasteiger partial charge in [-0.15, -0.1) is 0 Å². The summed E-state index contributed by atoms with van der Waals surface area (Å²) >= 11 is 0. The number of ether oxygens (including phenoxy) is 1. The molecule has 10 heteroatoms. The van der Waals surface area contributed by atoms with Crippen molar-refractivity contribution in [3.63, 3.8) is 0 Å². The summed E-state index contributed by atoms with van der Waals surface area (Å²) in [7, 11) is 0. The zero-order chi connectivity index (χ0) is 18.1. The van der Waals surface area contributed by atoms with Crippen molar-refractivity contribution in [2.75, 3.05) is 6.61 Å². The predicted octanol–water partition coefficient (Wildman–Crippen LogP) is 1.61. The van der Waals surface area contributed by atoms with E-state index in [1.54, 1.807) is 0 Å². The highest BCUT2D eigenvalue weighted by Gasteiger charge is 2.67. The fourth-order valence-electron chi connectivity index (χ4n) is 2.52. The van der Waals surface area contributed by atoms with Crippen LogP contribution in [0.2, 0.25) is 0 Å². The van der Waals surface area contributed by atoms with Crippen LogP contribution in [0, 0.1) is 11.7 Å². The number of benzene rings is 1. The second-order valence-corrected chi connectivity index (χ2v) is 5.09. The van der Waals surface area contributed by atoms with Crippen molar-refractivity contribution >= 4 is 12.0 Å². The molecule has 6 nitrogen and oxygen atoms in total. The first-order valence-electron chi connectivity index (χ1n) is 6.90. The van der Waals surface area contributed by atoms with Crippen LogP contribution in [-0.4, -0.2) is 35.6 Å². The molecular formula is C14H14F4N2O4. The first-order chi connectivity index (χ1) is 11.1. The summed E-state index contributed by atoms with van der Waals surface area (Å²) in [6.07, 6.45) is -5.40. The van der Waals surface area contributed by atoms with E-state index < -0.39 is 41.7 Å². The molecule has 0 aromatic heterocycles. The number of carbonyl (C=O) groups is 2. The Morgan fingerprint density at radius 1 is 1.38 bits per heavy atom. The maximum absolute atomic E-state index is 14.0. The number of alkyl halides is 3. The van der Waals surface area contributed by atoms with E-state index in [4.69, 9.17) is 0 Å². The third-order valence-electron chi connectivity index (χ3n) is 3.59. The summed E-state index contributed by atoms with van der Waals surface area (Å²) in [5.41, 5.74) is -4.29. The molecule has 3 N–H and O–H groups in total. The van der Waals surface area contributed by atoms with Gasteiger partial charge < -0.3 is 20.5 Å². The van der Waals surface area contributed by atoms with Crippen molar-refractivity contribution in [3.8, 4) is 0 Å². The Morgan fingerprint density at radius 3 is 2.54 bits per heavy atom. The van der Waals surface area contributed by atoms with E-state index in [0.29, 0.717) is 0 Å². The van der Waals surface area contributed by atoms with E-state index in [0.717, 1.165) is 12.1 Å². The van der Waals surface area contributed by atoms with Crippen LogP contribution in [-0.2, 0) is 9.53 Å². The molecule has 3 atom stereocenters. The highest BCUT2D eigenvalue weighted by Crippen LogP contribution is 2.43. The van der Waals surface area contributed by atoms with Crippen molar-refractivity contribution < 1.29 is 37.0 Å². The quantitative estimate of drug-likeness (QED) is 0.571. The summed E-state index contributed by atoms with van der Waals surface area (Å²) in [6, 6.07) is 1.50. The van der Waals surface area contributed by atoms with E-state index in [2.05, 4.69) is 4.74 Å². The van der Waals surface area contributed by atoms with Crippen molar-refractivity contribution in [1.82, 2.24) is 10.6 Å². The highest BCUT2D eigenvalue weighted by molar-refractivity contribution is 5.83. The lowest BCUT2D eigenvalue weighted by Crippen LogP contribution is -2.73. The number of halogens is 4. The summed E-state index contributed by atoms with van der Waals surface area (Å²) in [6.45, 7) is 1.10. The van der Waals surface area contributed by atoms with Gasteiger partial charge in [0.05, 0.1) is 12.6 Å². The van der Waals surface area contributed by atoms with Gasteiger partial charge in [-0.25, -0.2) is 9.18 Å². The summed E-state index contributed by atoms with van der Waals surface area (Å²) < 4.78 is 58.6. The lowest BCUT2D eigenvalue weighted by Gasteiger charge is -2.44. The molecule has 0 bridgehead atoms. The number of urea groups is 1. The second-order valence-electron chi connectivity index (χ2n) is 5.09. The van der Waals surface area contributed by atoms with Crippen LogP contribution in [0.1, 0.15) is 18.5 Å². The number of amides is 2. The molecule has 24 heavy (non-hydrogen) atoms. The van der Waals surface area contributed by atoms with Crippen LogP contribution in [0.3, 0.4) is 0 Å². The van der Waals surface area contributed by atoms with Crippen LogP contribution < -0.4 is 10.6 Å². The number of aliphatic hydroxyl groups is 1. The van der Waals surface area contributed by atoms with Gasteiger partial charge in [-0.3, -0.25) is 4.79 Å². The van der Waals surface area contributed by atoms with E-state index >= 15 is 0 Å². The Bertz CT molecular complexity index is 652. The molecule has 132 valence electrons. The average molecular weight is 350 g/mol. The molecule has 0 saturated carbocycles. The minimum absolute atomic E-state index is 0.263. The monoisotopic (exact) mass is 350 g/mol. The molecule has 1 saturated heterocycles. The number of hydrogen-bond acceptors (Lipinski definition) is 4. The first-order valence-corrected chi connectivity index (χ1v) is 6.90. The van der Waals surface area contributed by atoms with Gasteiger partial charge in [-0.1, -0.05) is 18.2 Å². The molecule has 2 rings (SSSR count). The summed E-state index contributed by atoms with van der Waals surface area (Å²) in [5, 5.41) is 13.4. The van der Waals surface area contributed by atoms with Crippen LogP contribution in [0.15, 0.2) is 24.3 Å². The number of rotatable bonds is 3. The van der Waals surface area contributed by atoms with Crippen molar-refractivity contribution in [2.45, 2.75) is 24.9 Å². The number of nitrogens with one attached hydrogen (secondary N) is 2. The van der Waals surface area contributed by atoms with Crippen molar-refractivity contribution in [1.29, 1.82) is 0 Å². The third-order valence-corrected chi connectivity index (χ3v) is 3.59. The summed E-state index contributed by atoms with van der Waals surface area (Å²) in [5.74, 6) is -4.71. The zero-order valence-electron chi connectivity index (χ0n) is 12.4. The number of hydrogen-bond donors (Lipinski definition) is 3. The Morgan fingerprint density at radius 2 is 2.00 bits per heavy atom. The minimum atomic E-state index is -5.40. The maximum Gasteiger partial charge on any atom is 0.437 e. The highest BCUT2D eigenvalue weighted by atomic mass is 19.4. The van der Waals surface area contributed by atoms with Crippen LogP contribution in [0.25, 0.3) is 0 Å². The van der Waals surface area contributed by atoms with Crippen LogP contribution in [0.4, 0.5) is 22.4 Å². The molecular weight excluding hydrogens is 336 g/mol. The SMILES string of the molecule is CCOC(=O)C1C(c2ccccc2F)NC(=O)NC1(O)C(F)(F)F. The van der Waals surface area contributed by atoms with Gasteiger partial charge in [0.15, 0.2) is 0 Å². The Labute approximate surface area is 133 Å². The predicted molar refractivity (Wildman–Crippen MR) is 71.9 cm³/mol. The molecule has 0 spiro atoms. The normalized spacial score (nSPS) is 27.2. The largest absolute Gasteiger partial charge is 0.466 e. The van der Waals surface area contributed by atoms with E-state index in [-0.39, 0.29) is 12.2 Å². The van der Waals surface area contributed by atoms with E-state index in [1.165, 1.54) is 24.4 Å². The van der Waals surface area contributed by atoms with Crippen molar-refractivity contribution in [3.05, 3.63) is 35.6 Å². The van der Waals surface area contributed by atoms with Gasteiger partial charge in [0.2, 0.25) is 0 Å². The van der Waals surface area contributed by atoms with Crippen LogP contribution >= 0.6 is 0 Å². The molecule has 1 aromatic carbocycles. The van der Waals surface area contributed by atoms with Crippen LogP contribution in [0.5, 0.6) is 0 Å². The van der Waals surface area contributed by atoms with Gasteiger partial charge in [-0.05, 0) is 13.0 Å². The van der Waals surface area contributed by atoms with Gasteiger partial charge in [0, 0.05) is 5.56 Å². The average Bonchev–Trinajstić information content (AvgIpc) is 2.45. The van der Waals surface area contributed by atoms with Gasteiger partial charge in [0.25, 0.3) is 5.72 Å². The molecule has 1 aliphatic rings. The molecule has 1 aromatic rings. The first kappa shape index (κ1) is 18.0. The number of esters is 1. The maximum atomic E-state index is 14.0. The molecule has 3 unspecified atom stereocenters. The lowest BCUT2D eigenvalue weighted by molar-refractivity contribution is -0.294. The van der Waals surface area contributed by atoms with E-state index in [9.17, 15) is 32.3 Å². The standard InChI is InChI=1S/C14H14F4N2O4/c1-2-24-11(21)9-10(7-5-3-4-6-8(7)15)19-12(22)20-13(9,23)14(16,17)18/h3-6,9-10,23H,2H2,1H3,(H2,19,20,22).